The third kappa shape index (κ3) is 5.94. The Morgan fingerprint density at radius 1 is 1.22 bits per heavy atom. The van der Waals surface area contributed by atoms with E-state index in [-0.39, 0.29) is 5.91 Å². The molecule has 0 fully saturated rings. The molecule has 0 aliphatic carbocycles. The van der Waals surface area contributed by atoms with Crippen LogP contribution in [-0.4, -0.2) is 30.5 Å². The minimum Gasteiger partial charge on any atom is -0.372 e. The lowest BCUT2D eigenvalue weighted by atomic mass is 10.2. The topological polar surface area (TPSA) is 45.2 Å². The molecule has 120 valence electrons. The molecule has 2 rings (SSSR count). The Morgan fingerprint density at radius 2 is 2.04 bits per heavy atom. The predicted octanol–water partition coefficient (Wildman–Crippen LogP) is 3.13. The van der Waals surface area contributed by atoms with Crippen LogP contribution < -0.4 is 10.2 Å². The van der Waals surface area contributed by atoms with Gasteiger partial charge in [-0.1, -0.05) is 24.3 Å². The average Bonchev–Trinajstić information content (AvgIpc) is 2.61. The van der Waals surface area contributed by atoms with Crippen molar-refractivity contribution in [3.8, 4) is 0 Å². The van der Waals surface area contributed by atoms with E-state index in [4.69, 9.17) is 0 Å². The number of nitrogens with zero attached hydrogens (tertiary/aromatic N) is 2. The van der Waals surface area contributed by atoms with Gasteiger partial charge in [0.15, 0.2) is 0 Å². The molecule has 1 heterocycles. The van der Waals surface area contributed by atoms with E-state index in [1.54, 1.807) is 24.5 Å². The summed E-state index contributed by atoms with van der Waals surface area (Å²) in [6, 6.07) is 14.1. The number of para-hydroxylation sites is 1. The molecule has 1 N–H and O–H groups in total. The molecular formula is C19H23N3O. The minimum atomic E-state index is -0.0726. The molecular weight excluding hydrogens is 286 g/mol. The molecule has 4 nitrogen and oxygen atoms in total. The molecule has 1 aromatic heterocycles. The van der Waals surface area contributed by atoms with Gasteiger partial charge in [0.2, 0.25) is 5.91 Å². The molecule has 0 saturated heterocycles. The number of aromatic nitrogens is 1. The highest BCUT2D eigenvalue weighted by Crippen LogP contribution is 2.12. The van der Waals surface area contributed by atoms with E-state index in [9.17, 15) is 4.79 Å². The van der Waals surface area contributed by atoms with Crippen LogP contribution in [0.3, 0.4) is 0 Å². The van der Waals surface area contributed by atoms with Crippen molar-refractivity contribution in [1.29, 1.82) is 0 Å². The van der Waals surface area contributed by atoms with Crippen LogP contribution in [-0.2, 0) is 4.79 Å². The first kappa shape index (κ1) is 16.7. The quantitative estimate of drug-likeness (QED) is 0.602. The Morgan fingerprint density at radius 3 is 2.74 bits per heavy atom. The van der Waals surface area contributed by atoms with Crippen molar-refractivity contribution in [1.82, 2.24) is 10.3 Å². The predicted molar refractivity (Wildman–Crippen MR) is 95.2 cm³/mol. The monoisotopic (exact) mass is 309 g/mol. The van der Waals surface area contributed by atoms with Crippen LogP contribution in [0.25, 0.3) is 6.08 Å². The minimum absolute atomic E-state index is 0.0726. The standard InChI is InChI=1S/C19H23N3O/c1-2-22(18-9-4-3-5-10-18)15-7-14-21-19(23)12-11-17-8-6-13-20-16-17/h3-6,8-13,16H,2,7,14-15H2,1H3,(H,21,23)/b12-11+. The number of anilines is 1. The number of hydrogen-bond donors (Lipinski definition) is 1. The van der Waals surface area contributed by atoms with Crippen LogP contribution in [0.4, 0.5) is 5.69 Å². The molecule has 23 heavy (non-hydrogen) atoms. The summed E-state index contributed by atoms with van der Waals surface area (Å²) in [7, 11) is 0. The number of hydrogen-bond acceptors (Lipinski definition) is 3. The molecule has 2 aromatic rings. The van der Waals surface area contributed by atoms with Gasteiger partial charge >= 0.3 is 0 Å². The Hall–Kier alpha value is -2.62. The summed E-state index contributed by atoms with van der Waals surface area (Å²) in [5.41, 5.74) is 2.14. The zero-order chi connectivity index (χ0) is 16.3. The molecule has 0 atom stereocenters. The average molecular weight is 309 g/mol. The van der Waals surface area contributed by atoms with Crippen LogP contribution in [0.15, 0.2) is 60.9 Å². The van der Waals surface area contributed by atoms with Gasteiger partial charge in [-0.3, -0.25) is 9.78 Å². The Kier molecular flexibility index (Phi) is 6.85. The maximum atomic E-state index is 11.8. The molecule has 0 radical (unpaired) electrons. The lowest BCUT2D eigenvalue weighted by Crippen LogP contribution is -2.29. The van der Waals surface area contributed by atoms with Crippen LogP contribution in [0.2, 0.25) is 0 Å². The fourth-order valence-corrected chi connectivity index (χ4v) is 2.30. The van der Waals surface area contributed by atoms with E-state index in [1.807, 2.05) is 30.3 Å². The van der Waals surface area contributed by atoms with Crippen molar-refractivity contribution in [3.63, 3.8) is 0 Å². The zero-order valence-corrected chi connectivity index (χ0v) is 13.5. The normalized spacial score (nSPS) is 10.7. The lowest BCUT2D eigenvalue weighted by Gasteiger charge is -2.23. The second kappa shape index (κ2) is 9.41. The molecule has 0 aliphatic rings. The van der Waals surface area contributed by atoms with E-state index < -0.39 is 0 Å². The van der Waals surface area contributed by atoms with E-state index in [2.05, 4.69) is 34.3 Å². The van der Waals surface area contributed by atoms with Crippen molar-refractivity contribution >= 4 is 17.7 Å². The number of nitrogens with one attached hydrogen (secondary N) is 1. The molecule has 0 saturated carbocycles. The maximum absolute atomic E-state index is 11.8. The highest BCUT2D eigenvalue weighted by molar-refractivity contribution is 5.91. The first-order valence-corrected chi connectivity index (χ1v) is 7.95. The SMILES string of the molecule is CCN(CCCNC(=O)/C=C/c1cccnc1)c1ccccc1. The molecule has 1 amide bonds. The van der Waals surface area contributed by atoms with E-state index >= 15 is 0 Å². The molecule has 0 unspecified atom stereocenters. The first-order valence-electron chi connectivity index (χ1n) is 7.95. The summed E-state index contributed by atoms with van der Waals surface area (Å²) >= 11 is 0. The van der Waals surface area contributed by atoms with Crippen molar-refractivity contribution in [2.75, 3.05) is 24.5 Å². The second-order valence-electron chi connectivity index (χ2n) is 5.18. The largest absolute Gasteiger partial charge is 0.372 e. The third-order valence-corrected chi connectivity index (χ3v) is 3.52. The van der Waals surface area contributed by atoms with Crippen LogP contribution in [0.5, 0.6) is 0 Å². The summed E-state index contributed by atoms with van der Waals surface area (Å²) in [6.45, 7) is 4.69. The van der Waals surface area contributed by atoms with E-state index in [1.165, 1.54) is 5.69 Å². The summed E-state index contributed by atoms with van der Waals surface area (Å²) in [4.78, 5) is 18.1. The van der Waals surface area contributed by atoms with E-state index in [0.29, 0.717) is 6.54 Å². The maximum Gasteiger partial charge on any atom is 0.244 e. The highest BCUT2D eigenvalue weighted by atomic mass is 16.1. The molecule has 0 spiro atoms. The molecule has 4 heteroatoms. The van der Waals surface area contributed by atoms with Gasteiger partial charge in [0.05, 0.1) is 0 Å². The van der Waals surface area contributed by atoms with Crippen molar-refractivity contribution in [2.24, 2.45) is 0 Å². The number of amides is 1. The molecule has 1 aromatic carbocycles. The van der Waals surface area contributed by atoms with Gasteiger partial charge in [-0.15, -0.1) is 0 Å². The van der Waals surface area contributed by atoms with Gasteiger partial charge in [-0.05, 0) is 43.2 Å². The number of pyridine rings is 1. The summed E-state index contributed by atoms with van der Waals surface area (Å²) < 4.78 is 0. The van der Waals surface area contributed by atoms with E-state index in [0.717, 1.165) is 25.1 Å². The molecule has 0 bridgehead atoms. The van der Waals surface area contributed by atoms with Crippen molar-refractivity contribution in [2.45, 2.75) is 13.3 Å². The number of carbonyl (C=O) groups is 1. The van der Waals surface area contributed by atoms with Gasteiger partial charge in [0, 0.05) is 43.8 Å². The van der Waals surface area contributed by atoms with Gasteiger partial charge in [0.25, 0.3) is 0 Å². The Bertz CT molecular complexity index is 611. The zero-order valence-electron chi connectivity index (χ0n) is 13.5. The fraction of sp³-hybridized carbons (Fsp3) is 0.263. The first-order chi connectivity index (χ1) is 11.3. The highest BCUT2D eigenvalue weighted by Gasteiger charge is 2.03. The van der Waals surface area contributed by atoms with Crippen LogP contribution in [0.1, 0.15) is 18.9 Å². The number of carbonyl (C=O) groups excluding carboxylic acids is 1. The number of benzene rings is 1. The lowest BCUT2D eigenvalue weighted by molar-refractivity contribution is -0.116. The summed E-state index contributed by atoms with van der Waals surface area (Å²) in [5, 5.41) is 2.91. The number of rotatable bonds is 8. The van der Waals surface area contributed by atoms with Crippen LogP contribution in [0, 0.1) is 0 Å². The third-order valence-electron chi connectivity index (χ3n) is 3.52. The Labute approximate surface area is 137 Å². The smallest absolute Gasteiger partial charge is 0.244 e. The van der Waals surface area contributed by atoms with Crippen molar-refractivity contribution in [3.05, 3.63) is 66.5 Å². The van der Waals surface area contributed by atoms with Gasteiger partial charge < -0.3 is 10.2 Å². The van der Waals surface area contributed by atoms with Gasteiger partial charge in [0.1, 0.15) is 0 Å². The van der Waals surface area contributed by atoms with Gasteiger partial charge in [-0.25, -0.2) is 0 Å². The summed E-state index contributed by atoms with van der Waals surface area (Å²) in [5.74, 6) is -0.0726. The Balaban J connectivity index is 1.70. The fourth-order valence-electron chi connectivity index (χ4n) is 2.30. The van der Waals surface area contributed by atoms with Crippen molar-refractivity contribution < 1.29 is 4.79 Å². The van der Waals surface area contributed by atoms with Crippen LogP contribution >= 0.6 is 0 Å². The summed E-state index contributed by atoms with van der Waals surface area (Å²) in [6.07, 6.45) is 7.66. The second-order valence-corrected chi connectivity index (χ2v) is 5.18. The molecule has 0 aliphatic heterocycles. The van der Waals surface area contributed by atoms with Gasteiger partial charge in [-0.2, -0.15) is 0 Å².